The number of pyridine rings is 1. The van der Waals surface area contributed by atoms with E-state index in [0.29, 0.717) is 10.6 Å². The number of nitrogens with zero attached hydrogens (tertiary/aromatic N) is 9. The molecule has 6 aromatic rings. The summed E-state index contributed by atoms with van der Waals surface area (Å²) >= 11 is 1.03. The van der Waals surface area contributed by atoms with Crippen LogP contribution in [-0.2, 0) is 81.5 Å². The van der Waals surface area contributed by atoms with Gasteiger partial charge in [-0.15, -0.1) is 20.5 Å². The van der Waals surface area contributed by atoms with Crippen LogP contribution in [0.2, 0.25) is 0 Å². The number of imide groups is 1. The molecule has 0 radical (unpaired) electrons. The SMILES string of the molecule is Cc1cc(Cn2c(-c3cc(OCc4ccccc4)c(OCc4ccccc4)cn3)nn(S(=O)(=O)CC(=O)N3C[C@H](CC(=O)/C(=N\OC(C)(C)C(=O)OC(C)(C)C)c4csc(CC(=O)OC(C)(C)C)n4)C3=O)c2=O)nn1C. The summed E-state index contributed by atoms with van der Waals surface area (Å²) in [5, 5.41) is 14.4. The number of aryl methyl sites for hydroxylation is 2. The smallest absolute Gasteiger partial charge is 0.361 e. The van der Waals surface area contributed by atoms with Crippen LogP contribution in [0.5, 0.6) is 11.5 Å². The van der Waals surface area contributed by atoms with Crippen molar-refractivity contribution in [2.45, 2.75) is 112 Å². The van der Waals surface area contributed by atoms with E-state index in [-0.39, 0.29) is 70.5 Å². The quantitative estimate of drug-likeness (QED) is 0.0380. The Bertz CT molecular complexity index is 3330. The van der Waals surface area contributed by atoms with Crippen LogP contribution in [0.4, 0.5) is 0 Å². The minimum Gasteiger partial charge on any atom is -0.485 e. The Morgan fingerprint density at radius 1 is 0.829 bits per heavy atom. The Hall–Kier alpha value is -7.86. The van der Waals surface area contributed by atoms with E-state index in [2.05, 4.69) is 25.3 Å². The zero-order chi connectivity index (χ0) is 55.3. The maximum Gasteiger partial charge on any atom is 0.361 e. The first-order valence-corrected chi connectivity index (χ1v) is 26.5. The van der Waals surface area contributed by atoms with Crippen molar-refractivity contribution in [3.05, 3.63) is 128 Å². The summed E-state index contributed by atoms with van der Waals surface area (Å²) in [5.41, 5.74) is -2.08. The number of esters is 2. The molecule has 0 saturated carbocycles. The van der Waals surface area contributed by atoms with Gasteiger partial charge in [-0.25, -0.2) is 28.0 Å². The van der Waals surface area contributed by atoms with Gasteiger partial charge in [0.1, 0.15) is 40.8 Å². The second kappa shape index (κ2) is 22.5. The number of rotatable bonds is 21. The molecule has 0 N–H and O–H groups in total. The van der Waals surface area contributed by atoms with Gasteiger partial charge in [0.15, 0.2) is 34.6 Å². The summed E-state index contributed by atoms with van der Waals surface area (Å²) < 4.78 is 54.3. The van der Waals surface area contributed by atoms with Crippen LogP contribution >= 0.6 is 11.3 Å². The molecular weight excluding hydrogens is 1020 g/mol. The fraction of sp³-hybridized carbons (Fsp3) is 0.404. The van der Waals surface area contributed by atoms with Crippen molar-refractivity contribution in [3.8, 4) is 23.0 Å². The average molecular weight is 1080 g/mol. The highest BCUT2D eigenvalue weighted by molar-refractivity contribution is 7.90. The normalized spacial score (nSPS) is 14.2. The summed E-state index contributed by atoms with van der Waals surface area (Å²) in [6.45, 7) is 14.3. The van der Waals surface area contributed by atoms with E-state index in [9.17, 15) is 37.2 Å². The Balaban J connectivity index is 1.12. The molecule has 1 saturated heterocycles. The van der Waals surface area contributed by atoms with E-state index in [0.717, 1.165) is 32.7 Å². The molecule has 7 rings (SSSR count). The molecule has 24 heteroatoms. The molecule has 0 bridgehead atoms. The Morgan fingerprint density at radius 3 is 2.03 bits per heavy atom. The van der Waals surface area contributed by atoms with Crippen molar-refractivity contribution in [2.24, 2.45) is 18.1 Å². The monoisotopic (exact) mass is 1080 g/mol. The molecule has 1 aliphatic heterocycles. The van der Waals surface area contributed by atoms with Crippen LogP contribution in [0.25, 0.3) is 11.5 Å². The number of carbonyl (C=O) groups excluding carboxylic acids is 5. The van der Waals surface area contributed by atoms with Gasteiger partial charge in [0.25, 0.3) is 10.0 Å². The number of ketones is 1. The summed E-state index contributed by atoms with van der Waals surface area (Å²) in [5.74, 6) is -6.44. The lowest BCUT2D eigenvalue weighted by Crippen LogP contribution is -2.57. The van der Waals surface area contributed by atoms with Crippen LogP contribution in [-0.4, -0.2) is 111 Å². The predicted octanol–water partition coefficient (Wildman–Crippen LogP) is 5.36. The van der Waals surface area contributed by atoms with Gasteiger partial charge >= 0.3 is 17.6 Å². The highest BCUT2D eigenvalue weighted by Gasteiger charge is 2.44. The summed E-state index contributed by atoms with van der Waals surface area (Å²) in [7, 11) is -3.25. The first kappa shape index (κ1) is 55.9. The second-order valence-electron chi connectivity index (χ2n) is 20.4. The third kappa shape index (κ3) is 14.1. The van der Waals surface area contributed by atoms with Crippen molar-refractivity contribution in [2.75, 3.05) is 12.3 Å². The van der Waals surface area contributed by atoms with Gasteiger partial charge in [-0.1, -0.05) is 65.8 Å². The molecule has 22 nitrogen and oxygen atoms in total. The van der Waals surface area contributed by atoms with Crippen LogP contribution in [0, 0.1) is 12.8 Å². The average Bonchev–Trinajstić information content (AvgIpc) is 4.03. The van der Waals surface area contributed by atoms with Crippen molar-refractivity contribution in [1.82, 2.24) is 38.4 Å². The van der Waals surface area contributed by atoms with E-state index < -0.39 is 85.9 Å². The predicted molar refractivity (Wildman–Crippen MR) is 277 cm³/mol. The summed E-state index contributed by atoms with van der Waals surface area (Å²) in [4.78, 5) is 96.4. The lowest BCUT2D eigenvalue weighted by molar-refractivity contribution is -0.179. The van der Waals surface area contributed by atoms with E-state index in [1.54, 1.807) is 66.3 Å². The number of oxime groups is 1. The van der Waals surface area contributed by atoms with Gasteiger partial charge < -0.3 is 23.8 Å². The van der Waals surface area contributed by atoms with Gasteiger partial charge in [0, 0.05) is 37.2 Å². The standard InChI is InChI=1S/C52H59N9O13S2/c1-32-21-36(55-58(32)10)27-60-46(37-23-40(70-28-33-17-13-11-14-18-33)41(25-53-37)71-29-34-19-15-12-16-20-34)56-61(49(60)67)76(68,69)31-43(63)59-26-35(47(59)65)22-39(62)45(57-74-52(8,9)48(66)73-51(5,6)7)38-30-75-42(54-38)24-44(64)72-50(2,3)4/h11-21,23,25,30,35H,22,24,26-29,31H2,1-10H3/b57-45-/t35-/m0/s1. The number of likely N-dealkylation sites (tertiary alicyclic amines) is 1. The van der Waals surface area contributed by atoms with Crippen molar-refractivity contribution in [3.63, 3.8) is 0 Å². The van der Waals surface area contributed by atoms with E-state index >= 15 is 0 Å². The minimum absolute atomic E-state index is 0.0178. The minimum atomic E-state index is -4.95. The maximum absolute atomic E-state index is 14.3. The van der Waals surface area contributed by atoms with Crippen LogP contribution in [0.1, 0.15) is 95.0 Å². The van der Waals surface area contributed by atoms with Crippen molar-refractivity contribution in [1.29, 1.82) is 0 Å². The van der Waals surface area contributed by atoms with Crippen LogP contribution in [0.15, 0.2) is 94.3 Å². The number of hydrogen-bond acceptors (Lipinski definition) is 19. The van der Waals surface area contributed by atoms with Gasteiger partial charge in [0.05, 0.1) is 30.8 Å². The molecular formula is C52H59N9O13S2. The number of aromatic nitrogens is 7. The van der Waals surface area contributed by atoms with Gasteiger partial charge in [-0.05, 0) is 79.5 Å². The molecule has 1 fully saturated rings. The number of Topliss-reactive ketones (excluding diaryl/α,β-unsaturated/α-hetero) is 1. The van der Waals surface area contributed by atoms with E-state index in [4.69, 9.17) is 23.8 Å². The largest absolute Gasteiger partial charge is 0.485 e. The van der Waals surface area contributed by atoms with E-state index in [1.165, 1.54) is 31.5 Å². The van der Waals surface area contributed by atoms with Crippen LogP contribution < -0.4 is 15.2 Å². The van der Waals surface area contributed by atoms with Gasteiger partial charge in [0.2, 0.25) is 17.4 Å². The Morgan fingerprint density at radius 2 is 1.45 bits per heavy atom. The third-order valence-corrected chi connectivity index (χ3v) is 13.4. The van der Waals surface area contributed by atoms with Crippen LogP contribution in [0.3, 0.4) is 0 Å². The fourth-order valence-electron chi connectivity index (χ4n) is 7.33. The Labute approximate surface area is 442 Å². The zero-order valence-corrected chi connectivity index (χ0v) is 45.4. The molecule has 2 amide bonds. The fourth-order valence-corrected chi connectivity index (χ4v) is 9.22. The molecule has 402 valence electrons. The zero-order valence-electron chi connectivity index (χ0n) is 43.8. The third-order valence-electron chi connectivity index (χ3n) is 11.2. The molecule has 4 aromatic heterocycles. The maximum atomic E-state index is 14.3. The number of β-lactam (4-membered cyclic amide) rings is 1. The van der Waals surface area contributed by atoms with E-state index in [1.807, 2.05) is 60.7 Å². The number of hydrogen-bond donors (Lipinski definition) is 0. The lowest BCUT2D eigenvalue weighted by atomic mass is 9.91. The number of carbonyl (C=O) groups is 5. The van der Waals surface area contributed by atoms with Crippen molar-refractivity contribution >= 4 is 56.6 Å². The first-order chi connectivity index (χ1) is 35.7. The highest BCUT2D eigenvalue weighted by Crippen LogP contribution is 2.32. The summed E-state index contributed by atoms with van der Waals surface area (Å²) in [6.07, 6.45) is 0.607. The Kier molecular flexibility index (Phi) is 16.6. The molecule has 1 aliphatic rings. The number of ether oxygens (including phenoxy) is 4. The second-order valence-corrected chi connectivity index (χ2v) is 23.1. The molecule has 1 atom stereocenters. The number of amides is 2. The first-order valence-electron chi connectivity index (χ1n) is 24.0. The van der Waals surface area contributed by atoms with Gasteiger partial charge in [-0.3, -0.25) is 33.3 Å². The summed E-state index contributed by atoms with van der Waals surface area (Å²) in [6, 6.07) is 21.9. The molecule has 5 heterocycles. The highest BCUT2D eigenvalue weighted by atomic mass is 32.2. The number of thiazole rings is 1. The topological polar surface area (TPSA) is 265 Å². The number of benzene rings is 2. The van der Waals surface area contributed by atoms with Gasteiger partial charge in [-0.2, -0.15) is 5.10 Å². The van der Waals surface area contributed by atoms with Crippen molar-refractivity contribution < 1.29 is 56.2 Å². The molecule has 76 heavy (non-hydrogen) atoms. The molecule has 0 unspecified atom stereocenters. The molecule has 0 spiro atoms. The lowest BCUT2D eigenvalue weighted by Gasteiger charge is -2.36. The molecule has 2 aromatic carbocycles. The molecule has 0 aliphatic carbocycles.